The zero-order valence-corrected chi connectivity index (χ0v) is 22.9. The second-order valence-electron chi connectivity index (χ2n) is 12.6. The Morgan fingerprint density at radius 2 is 1.41 bits per heavy atom. The highest BCUT2D eigenvalue weighted by Gasteiger charge is 2.61. The molecule has 0 saturated heterocycles. The molecule has 0 amide bonds. The summed E-state index contributed by atoms with van der Waals surface area (Å²) < 4.78 is 0. The van der Waals surface area contributed by atoms with Crippen LogP contribution in [0.15, 0.2) is 0 Å². The summed E-state index contributed by atoms with van der Waals surface area (Å²) in [5.41, 5.74) is 1.23. The van der Waals surface area contributed by atoms with Gasteiger partial charge in [0.1, 0.15) is 0 Å². The summed E-state index contributed by atoms with van der Waals surface area (Å²) in [6.07, 6.45) is 16.2. The molecule has 4 saturated carbocycles. The predicted octanol–water partition coefficient (Wildman–Crippen LogP) is 9.24. The van der Waals surface area contributed by atoms with E-state index in [0.29, 0.717) is 20.5 Å². The average Bonchev–Trinajstić information content (AvgIpc) is 3.02. The van der Waals surface area contributed by atoms with E-state index >= 15 is 0 Å². The van der Waals surface area contributed by atoms with Crippen LogP contribution in [0.25, 0.3) is 0 Å². The number of hydrogen-bond donors (Lipinski definition) is 0. The van der Waals surface area contributed by atoms with Crippen molar-refractivity contribution in [2.45, 2.75) is 115 Å². The number of alkyl halides is 2. The number of rotatable bonds is 5. The van der Waals surface area contributed by atoms with E-state index in [2.05, 4.69) is 66.5 Å². The maximum atomic E-state index is 4.13. The fraction of sp³-hybridized carbons (Fsp3) is 1.00. The predicted molar refractivity (Wildman–Crippen MR) is 134 cm³/mol. The van der Waals surface area contributed by atoms with Crippen molar-refractivity contribution in [2.75, 3.05) is 0 Å². The van der Waals surface area contributed by atoms with Gasteiger partial charge in [-0.05, 0) is 104 Å². The zero-order chi connectivity index (χ0) is 21.0. The van der Waals surface area contributed by atoms with E-state index in [1.807, 2.05) is 0 Å². The topological polar surface area (TPSA) is 0 Å². The van der Waals surface area contributed by atoms with Gasteiger partial charge in [0.15, 0.2) is 0 Å². The zero-order valence-electron chi connectivity index (χ0n) is 19.7. The molecule has 0 unspecified atom stereocenters. The summed E-state index contributed by atoms with van der Waals surface area (Å²) in [4.78, 5) is 1.38. The minimum atomic E-state index is 0.587. The van der Waals surface area contributed by atoms with Crippen LogP contribution in [0.4, 0.5) is 0 Å². The molecule has 2 heteroatoms. The van der Waals surface area contributed by atoms with Gasteiger partial charge in [-0.1, -0.05) is 85.7 Å². The van der Waals surface area contributed by atoms with Gasteiger partial charge < -0.3 is 0 Å². The van der Waals surface area contributed by atoms with E-state index < -0.39 is 0 Å². The normalized spacial score (nSPS) is 50.7. The lowest BCUT2D eigenvalue weighted by Crippen LogP contribution is -2.56. The summed E-state index contributed by atoms with van der Waals surface area (Å²) in [5.74, 6) is 6.72. The van der Waals surface area contributed by atoms with E-state index in [1.165, 1.54) is 70.6 Å². The molecule has 0 aromatic heterocycles. The summed E-state index contributed by atoms with van der Waals surface area (Å²) in [6, 6.07) is 0. The average molecular weight is 530 g/mol. The van der Waals surface area contributed by atoms with Crippen molar-refractivity contribution in [3.05, 3.63) is 0 Å². The summed E-state index contributed by atoms with van der Waals surface area (Å²) >= 11 is 8.12. The second-order valence-corrected chi connectivity index (χ2v) is 14.8. The minimum absolute atomic E-state index is 0.587. The summed E-state index contributed by atoms with van der Waals surface area (Å²) in [5, 5.41) is 0. The number of fused-ring (bicyclic) bond motifs is 5. The quantitative estimate of drug-likeness (QED) is 0.311. The largest absolute Gasteiger partial charge is 0.0878 e. The SMILES string of the molecule is CC(C)CCC[C@@H](C)[C@@H]1CC[C@@H]2[C@@H]3CC[C@H]4[C@H](Br)[C@H](Br)CC[C@]4(C)[C@H]3CC[C@@]21C. The fourth-order valence-corrected chi connectivity index (χ4v) is 11.0. The van der Waals surface area contributed by atoms with E-state index in [1.54, 1.807) is 0 Å². The third kappa shape index (κ3) is 3.95. The van der Waals surface area contributed by atoms with E-state index in [4.69, 9.17) is 0 Å². The minimum Gasteiger partial charge on any atom is -0.0878 e. The Bertz CT molecular complexity index is 573. The van der Waals surface area contributed by atoms with Gasteiger partial charge in [0.05, 0.1) is 0 Å². The maximum absolute atomic E-state index is 4.13. The van der Waals surface area contributed by atoms with Gasteiger partial charge in [-0.25, -0.2) is 0 Å². The number of hydrogen-bond acceptors (Lipinski definition) is 0. The van der Waals surface area contributed by atoms with Gasteiger partial charge in [-0.2, -0.15) is 0 Å². The van der Waals surface area contributed by atoms with Gasteiger partial charge in [0, 0.05) is 9.65 Å². The third-order valence-electron chi connectivity index (χ3n) is 10.8. The molecule has 4 fully saturated rings. The molecule has 0 aromatic rings. The summed E-state index contributed by atoms with van der Waals surface area (Å²) in [6.45, 7) is 12.8. The van der Waals surface area contributed by atoms with Gasteiger partial charge in [0.2, 0.25) is 0 Å². The Balaban J connectivity index is 1.48. The van der Waals surface area contributed by atoms with E-state index in [9.17, 15) is 0 Å². The van der Waals surface area contributed by atoms with Crippen LogP contribution >= 0.6 is 31.9 Å². The Morgan fingerprint density at radius 1 is 0.759 bits per heavy atom. The van der Waals surface area contributed by atoms with Gasteiger partial charge in [-0.3, -0.25) is 0 Å². The van der Waals surface area contributed by atoms with Crippen LogP contribution < -0.4 is 0 Å². The van der Waals surface area contributed by atoms with Crippen molar-refractivity contribution < 1.29 is 0 Å². The molecule has 0 radical (unpaired) electrons. The Kier molecular flexibility index (Phi) is 6.95. The van der Waals surface area contributed by atoms with Crippen LogP contribution in [0, 0.1) is 52.3 Å². The number of halogens is 2. The first-order valence-electron chi connectivity index (χ1n) is 13.0. The summed E-state index contributed by atoms with van der Waals surface area (Å²) in [7, 11) is 0. The highest BCUT2D eigenvalue weighted by atomic mass is 79.9. The van der Waals surface area contributed by atoms with Gasteiger partial charge >= 0.3 is 0 Å². The molecule has 0 bridgehead atoms. The molecule has 0 aliphatic heterocycles. The van der Waals surface area contributed by atoms with Crippen LogP contribution in [-0.4, -0.2) is 9.65 Å². The molecule has 4 rings (SSSR count). The van der Waals surface area contributed by atoms with E-state index in [0.717, 1.165) is 41.4 Å². The molecule has 0 nitrogen and oxygen atoms in total. The standard InChI is InChI=1S/C27H46Br2/c1-17(2)7-6-8-18(3)20-11-12-21-19-9-10-23-25(29)24(28)14-16-27(23,5)22(19)13-15-26(20,21)4/h17-25H,6-16H2,1-5H3/t18-,19+,20+,21-,22+,23+,24-,25+,26-,27-/m1/s1. The molecule has 168 valence electrons. The van der Waals surface area contributed by atoms with Crippen molar-refractivity contribution in [1.29, 1.82) is 0 Å². The Hall–Kier alpha value is 0.960. The molecule has 0 aromatic carbocycles. The smallest absolute Gasteiger partial charge is 0.0304 e. The molecular weight excluding hydrogens is 484 g/mol. The second kappa shape index (κ2) is 8.72. The maximum Gasteiger partial charge on any atom is 0.0304 e. The van der Waals surface area contributed by atoms with Crippen LogP contribution in [-0.2, 0) is 0 Å². The van der Waals surface area contributed by atoms with Crippen molar-refractivity contribution >= 4 is 31.9 Å². The van der Waals surface area contributed by atoms with Crippen LogP contribution in [0.3, 0.4) is 0 Å². The molecule has 0 spiro atoms. The Morgan fingerprint density at radius 3 is 2.14 bits per heavy atom. The highest BCUT2D eigenvalue weighted by Crippen LogP contribution is 2.69. The monoisotopic (exact) mass is 528 g/mol. The molecule has 29 heavy (non-hydrogen) atoms. The van der Waals surface area contributed by atoms with E-state index in [-0.39, 0.29) is 0 Å². The van der Waals surface area contributed by atoms with Crippen LogP contribution in [0.5, 0.6) is 0 Å². The lowest BCUT2D eigenvalue weighted by molar-refractivity contribution is -0.111. The molecule has 0 heterocycles. The fourth-order valence-electron chi connectivity index (χ4n) is 9.26. The van der Waals surface area contributed by atoms with Crippen LogP contribution in [0.1, 0.15) is 105 Å². The third-order valence-corrected chi connectivity index (χ3v) is 13.8. The first-order valence-corrected chi connectivity index (χ1v) is 14.8. The van der Waals surface area contributed by atoms with Crippen molar-refractivity contribution in [3.8, 4) is 0 Å². The first kappa shape index (κ1) is 23.1. The highest BCUT2D eigenvalue weighted by molar-refractivity contribution is 9.12. The molecular formula is C27H46Br2. The van der Waals surface area contributed by atoms with Gasteiger partial charge in [0.25, 0.3) is 0 Å². The van der Waals surface area contributed by atoms with Crippen LogP contribution in [0.2, 0.25) is 0 Å². The van der Waals surface area contributed by atoms with Gasteiger partial charge in [-0.15, -0.1) is 0 Å². The molecule has 0 N–H and O–H groups in total. The lowest BCUT2D eigenvalue weighted by Gasteiger charge is -2.62. The molecule has 10 atom stereocenters. The first-order chi connectivity index (χ1) is 13.7. The molecule has 4 aliphatic carbocycles. The van der Waals surface area contributed by atoms with Crippen molar-refractivity contribution in [2.24, 2.45) is 52.3 Å². The van der Waals surface area contributed by atoms with Crippen molar-refractivity contribution in [1.82, 2.24) is 0 Å². The lowest BCUT2D eigenvalue weighted by atomic mass is 9.44. The molecule has 4 aliphatic rings. The van der Waals surface area contributed by atoms with Crippen molar-refractivity contribution in [3.63, 3.8) is 0 Å². The Labute approximate surface area is 198 Å².